The first-order valence-corrected chi connectivity index (χ1v) is 6.36. The number of aromatic nitrogens is 1. The largest absolute Gasteiger partial charge is 0.476 e. The summed E-state index contributed by atoms with van der Waals surface area (Å²) in [5.41, 5.74) is -0.801. The van der Waals surface area contributed by atoms with Gasteiger partial charge in [-0.05, 0) is 18.2 Å². The number of rotatable bonds is 3. The Kier molecular flexibility index (Phi) is 3.87. The van der Waals surface area contributed by atoms with Crippen LogP contribution in [0.1, 0.15) is 16.1 Å². The summed E-state index contributed by atoms with van der Waals surface area (Å²) in [5.74, 6) is -1.19. The van der Waals surface area contributed by atoms with Gasteiger partial charge in [-0.1, -0.05) is 11.6 Å². The Labute approximate surface area is 119 Å². The number of benzene rings is 1. The van der Waals surface area contributed by atoms with Crippen molar-refractivity contribution in [2.24, 2.45) is 0 Å². The third-order valence-electron chi connectivity index (χ3n) is 2.26. The lowest BCUT2D eigenvalue weighted by Gasteiger charge is -2.10. The van der Waals surface area contributed by atoms with Gasteiger partial charge < -0.3 is 10.4 Å². The quantitative estimate of drug-likeness (QED) is 0.886. The molecule has 1 aromatic carbocycles. The number of nitrogens with zero attached hydrogens (tertiary/aromatic N) is 1. The maximum Gasteiger partial charge on any atom is 0.416 e. The first-order chi connectivity index (χ1) is 9.27. The zero-order chi connectivity index (χ0) is 14.9. The highest BCUT2D eigenvalue weighted by atomic mass is 35.5. The minimum absolute atomic E-state index is 0.132. The van der Waals surface area contributed by atoms with Crippen molar-refractivity contribution >= 4 is 39.7 Å². The Morgan fingerprint density at radius 1 is 1.40 bits per heavy atom. The highest BCUT2D eigenvalue weighted by Crippen LogP contribution is 2.35. The van der Waals surface area contributed by atoms with Gasteiger partial charge in [0.2, 0.25) is 0 Å². The molecular formula is C11H6ClF3N2O2S. The first kappa shape index (κ1) is 14.6. The second-order valence-corrected chi connectivity index (χ2v) is 4.93. The van der Waals surface area contributed by atoms with E-state index in [1.807, 2.05) is 0 Å². The van der Waals surface area contributed by atoms with Crippen LogP contribution in [0, 0.1) is 0 Å². The van der Waals surface area contributed by atoms with Crippen molar-refractivity contribution in [2.45, 2.75) is 6.18 Å². The summed E-state index contributed by atoms with van der Waals surface area (Å²) in [5, 5.41) is 12.8. The fourth-order valence-electron chi connectivity index (χ4n) is 1.34. The van der Waals surface area contributed by atoms with Crippen molar-refractivity contribution in [1.82, 2.24) is 4.98 Å². The predicted octanol–water partition coefficient (Wildman–Crippen LogP) is 4.26. The fourth-order valence-corrected chi connectivity index (χ4v) is 2.26. The van der Waals surface area contributed by atoms with Crippen LogP contribution in [0.3, 0.4) is 0 Å². The SMILES string of the molecule is O=C(O)c1csc(Nc2ccc(C(F)(F)F)cc2Cl)n1. The van der Waals surface area contributed by atoms with E-state index < -0.39 is 17.7 Å². The summed E-state index contributed by atoms with van der Waals surface area (Å²) in [6, 6.07) is 2.82. The number of alkyl halides is 3. The zero-order valence-corrected chi connectivity index (χ0v) is 11.1. The Balaban J connectivity index is 2.23. The molecule has 0 unspecified atom stereocenters. The van der Waals surface area contributed by atoms with Crippen LogP contribution in [-0.2, 0) is 6.18 Å². The molecule has 2 aromatic rings. The van der Waals surface area contributed by atoms with Crippen LogP contribution >= 0.6 is 22.9 Å². The number of carboxylic acid groups (broad SMARTS) is 1. The summed E-state index contributed by atoms with van der Waals surface area (Å²) in [4.78, 5) is 14.4. The molecule has 0 saturated carbocycles. The Hall–Kier alpha value is -1.80. The van der Waals surface area contributed by atoms with Crippen molar-refractivity contribution < 1.29 is 23.1 Å². The van der Waals surface area contributed by atoms with Gasteiger partial charge in [0.25, 0.3) is 0 Å². The number of hydrogen-bond donors (Lipinski definition) is 2. The molecule has 2 N–H and O–H groups in total. The van der Waals surface area contributed by atoms with E-state index in [0.29, 0.717) is 0 Å². The minimum Gasteiger partial charge on any atom is -0.476 e. The molecule has 0 fully saturated rings. The third-order valence-corrected chi connectivity index (χ3v) is 3.33. The molecule has 20 heavy (non-hydrogen) atoms. The van der Waals surface area contributed by atoms with Gasteiger partial charge in [-0.25, -0.2) is 9.78 Å². The van der Waals surface area contributed by atoms with Crippen LogP contribution in [0.4, 0.5) is 24.0 Å². The average molecular weight is 323 g/mol. The molecule has 1 aromatic heterocycles. The van der Waals surface area contributed by atoms with Gasteiger partial charge >= 0.3 is 12.1 Å². The van der Waals surface area contributed by atoms with Crippen LogP contribution in [0.25, 0.3) is 0 Å². The number of carboxylic acids is 1. The average Bonchev–Trinajstić information content (AvgIpc) is 2.79. The van der Waals surface area contributed by atoms with Crippen molar-refractivity contribution in [2.75, 3.05) is 5.32 Å². The Morgan fingerprint density at radius 2 is 2.10 bits per heavy atom. The van der Waals surface area contributed by atoms with Crippen molar-refractivity contribution in [3.63, 3.8) is 0 Å². The number of anilines is 2. The van der Waals surface area contributed by atoms with E-state index >= 15 is 0 Å². The predicted molar refractivity (Wildman–Crippen MR) is 68.8 cm³/mol. The van der Waals surface area contributed by atoms with Crippen molar-refractivity contribution in [3.05, 3.63) is 39.9 Å². The summed E-state index contributed by atoms with van der Waals surface area (Å²) in [6.45, 7) is 0. The summed E-state index contributed by atoms with van der Waals surface area (Å²) in [7, 11) is 0. The topological polar surface area (TPSA) is 62.2 Å². The second-order valence-electron chi connectivity index (χ2n) is 3.66. The molecular weight excluding hydrogens is 317 g/mol. The molecule has 0 aliphatic carbocycles. The molecule has 0 aliphatic heterocycles. The Morgan fingerprint density at radius 3 is 2.60 bits per heavy atom. The van der Waals surface area contributed by atoms with Gasteiger partial charge in [0.1, 0.15) is 0 Å². The van der Waals surface area contributed by atoms with E-state index in [2.05, 4.69) is 10.3 Å². The monoisotopic (exact) mass is 322 g/mol. The number of halogens is 4. The van der Waals surface area contributed by atoms with E-state index in [9.17, 15) is 18.0 Å². The lowest BCUT2D eigenvalue weighted by atomic mass is 10.2. The minimum atomic E-state index is -4.47. The number of nitrogens with one attached hydrogen (secondary N) is 1. The summed E-state index contributed by atoms with van der Waals surface area (Å²) in [6.07, 6.45) is -4.47. The molecule has 9 heteroatoms. The molecule has 2 rings (SSSR count). The molecule has 0 bridgehead atoms. The fraction of sp³-hybridized carbons (Fsp3) is 0.0909. The molecule has 106 valence electrons. The van der Waals surface area contributed by atoms with Gasteiger partial charge in [0.15, 0.2) is 10.8 Å². The lowest BCUT2D eigenvalue weighted by Crippen LogP contribution is -2.05. The third kappa shape index (κ3) is 3.20. The normalized spacial score (nSPS) is 11.4. The van der Waals surface area contributed by atoms with Crippen molar-refractivity contribution in [1.29, 1.82) is 0 Å². The molecule has 0 saturated heterocycles. The van der Waals surface area contributed by atoms with Crippen molar-refractivity contribution in [3.8, 4) is 0 Å². The second kappa shape index (κ2) is 5.29. The van der Waals surface area contributed by atoms with Crippen LogP contribution in [0.2, 0.25) is 5.02 Å². The highest BCUT2D eigenvalue weighted by molar-refractivity contribution is 7.14. The van der Waals surface area contributed by atoms with E-state index in [0.717, 1.165) is 29.5 Å². The van der Waals surface area contributed by atoms with Crippen LogP contribution in [0.5, 0.6) is 0 Å². The van der Waals surface area contributed by atoms with E-state index in [4.69, 9.17) is 16.7 Å². The summed E-state index contributed by atoms with van der Waals surface area (Å²) < 4.78 is 37.4. The molecule has 0 atom stereocenters. The summed E-state index contributed by atoms with van der Waals surface area (Å²) >= 11 is 6.76. The van der Waals surface area contributed by atoms with Crippen LogP contribution in [-0.4, -0.2) is 16.1 Å². The molecule has 4 nitrogen and oxygen atoms in total. The van der Waals surface area contributed by atoms with E-state index in [-0.39, 0.29) is 21.5 Å². The Bertz CT molecular complexity index is 657. The lowest BCUT2D eigenvalue weighted by molar-refractivity contribution is -0.137. The van der Waals surface area contributed by atoms with Gasteiger partial charge in [0.05, 0.1) is 16.3 Å². The van der Waals surface area contributed by atoms with Gasteiger partial charge in [-0.3, -0.25) is 0 Å². The van der Waals surface area contributed by atoms with Crippen LogP contribution < -0.4 is 5.32 Å². The van der Waals surface area contributed by atoms with Gasteiger partial charge in [-0.15, -0.1) is 11.3 Å². The zero-order valence-electron chi connectivity index (χ0n) is 9.53. The standard InChI is InChI=1S/C11H6ClF3N2O2S/c12-6-3-5(11(13,14)15)1-2-7(6)16-10-17-8(4-20-10)9(18)19/h1-4H,(H,16,17)(H,18,19). The number of aromatic carboxylic acids is 1. The number of thiazole rings is 1. The van der Waals surface area contributed by atoms with Crippen LogP contribution in [0.15, 0.2) is 23.6 Å². The van der Waals surface area contributed by atoms with E-state index in [1.54, 1.807) is 0 Å². The first-order valence-electron chi connectivity index (χ1n) is 5.10. The highest BCUT2D eigenvalue weighted by Gasteiger charge is 2.30. The van der Waals surface area contributed by atoms with Gasteiger partial charge in [0, 0.05) is 5.38 Å². The number of carbonyl (C=O) groups is 1. The van der Waals surface area contributed by atoms with Gasteiger partial charge in [-0.2, -0.15) is 13.2 Å². The molecule has 0 spiro atoms. The molecule has 0 aliphatic rings. The smallest absolute Gasteiger partial charge is 0.416 e. The van der Waals surface area contributed by atoms with E-state index in [1.165, 1.54) is 5.38 Å². The molecule has 0 radical (unpaired) electrons. The maximum atomic E-state index is 12.5. The molecule has 1 heterocycles. The molecule has 0 amide bonds. The number of hydrogen-bond acceptors (Lipinski definition) is 4. The maximum absolute atomic E-state index is 12.5.